The van der Waals surface area contributed by atoms with E-state index >= 15 is 0 Å². The van der Waals surface area contributed by atoms with E-state index in [1.54, 1.807) is 49.3 Å². The second-order valence-corrected chi connectivity index (χ2v) is 10.1. The number of amides is 1. The lowest BCUT2D eigenvalue weighted by atomic mass is 9.96. The lowest BCUT2D eigenvalue weighted by Gasteiger charge is -2.29. The molecule has 6 nitrogen and oxygen atoms in total. The summed E-state index contributed by atoms with van der Waals surface area (Å²) in [7, 11) is -3.47. The third-order valence-corrected chi connectivity index (χ3v) is 6.52. The molecule has 1 aliphatic rings. The maximum Gasteiger partial charge on any atom is 0.243 e. The zero-order valence-electron chi connectivity index (χ0n) is 15.7. The van der Waals surface area contributed by atoms with Gasteiger partial charge in [0, 0.05) is 24.2 Å². The van der Waals surface area contributed by atoms with Gasteiger partial charge in [0.1, 0.15) is 0 Å². The molecule has 0 atom stereocenters. The highest BCUT2D eigenvalue weighted by molar-refractivity contribution is 7.89. The second kappa shape index (κ2) is 8.02. The summed E-state index contributed by atoms with van der Waals surface area (Å²) >= 11 is 5.13. The highest BCUT2D eigenvalue weighted by Gasteiger charge is 2.28. The monoisotopic (exact) mass is 397 g/mol. The van der Waals surface area contributed by atoms with Crippen molar-refractivity contribution in [3.63, 3.8) is 0 Å². The number of piperidine rings is 1. The van der Waals surface area contributed by atoms with Gasteiger partial charge >= 0.3 is 0 Å². The molecule has 1 amide bonds. The van der Waals surface area contributed by atoms with Crippen molar-refractivity contribution in [1.82, 2.24) is 9.62 Å². The zero-order valence-corrected chi connectivity index (χ0v) is 17.3. The Bertz CT molecular complexity index is 760. The van der Waals surface area contributed by atoms with Crippen LogP contribution in [-0.4, -0.2) is 36.8 Å². The van der Waals surface area contributed by atoms with Crippen molar-refractivity contribution in [2.45, 2.75) is 45.4 Å². The van der Waals surface area contributed by atoms with Crippen molar-refractivity contribution in [3.8, 4) is 0 Å². The molecule has 1 aromatic rings. The van der Waals surface area contributed by atoms with E-state index in [0.29, 0.717) is 24.7 Å². The van der Waals surface area contributed by atoms with Gasteiger partial charge in [0.25, 0.3) is 0 Å². The van der Waals surface area contributed by atoms with Crippen LogP contribution in [0.5, 0.6) is 0 Å². The molecular weight excluding hydrogens is 370 g/mol. The van der Waals surface area contributed by atoms with E-state index in [-0.39, 0.29) is 15.9 Å². The van der Waals surface area contributed by atoms with Gasteiger partial charge < -0.3 is 10.6 Å². The Balaban J connectivity index is 2.01. The Morgan fingerprint density at radius 3 is 2.19 bits per heavy atom. The molecule has 0 saturated carbocycles. The fraction of sp³-hybridized carbons (Fsp3) is 0.556. The van der Waals surface area contributed by atoms with Crippen molar-refractivity contribution in [2.75, 3.05) is 18.4 Å². The van der Waals surface area contributed by atoms with Crippen LogP contribution in [0.15, 0.2) is 29.2 Å². The standard InChI is InChI=1S/C18H27N3O3S2/c1-13-9-11-21(12-10-13)26(23,24)15-7-5-14(6-8-15)19-17(25)20-16(22)18(2,3)4/h5-8,13H,9-12H2,1-4H3,(H2,19,20,22,25). The summed E-state index contributed by atoms with van der Waals surface area (Å²) in [4.78, 5) is 12.2. The molecule has 1 heterocycles. The lowest BCUT2D eigenvalue weighted by Crippen LogP contribution is -2.41. The summed E-state index contributed by atoms with van der Waals surface area (Å²) in [5.41, 5.74) is 0.0747. The van der Waals surface area contributed by atoms with Gasteiger partial charge in [0.05, 0.1) is 4.90 Å². The molecule has 0 aromatic heterocycles. The van der Waals surface area contributed by atoms with Crippen LogP contribution in [0, 0.1) is 11.3 Å². The normalized spacial score (nSPS) is 16.9. The number of sulfonamides is 1. The van der Waals surface area contributed by atoms with Crippen LogP contribution in [-0.2, 0) is 14.8 Å². The van der Waals surface area contributed by atoms with Crippen LogP contribution < -0.4 is 10.6 Å². The molecule has 2 rings (SSSR count). The predicted octanol–water partition coefficient (Wildman–Crippen LogP) is 2.97. The number of nitrogens with one attached hydrogen (secondary N) is 2. The molecule has 26 heavy (non-hydrogen) atoms. The zero-order chi connectivity index (χ0) is 19.5. The molecule has 2 N–H and O–H groups in total. The Labute approximate surface area is 161 Å². The minimum absolute atomic E-state index is 0.186. The first-order valence-electron chi connectivity index (χ1n) is 8.73. The van der Waals surface area contributed by atoms with Crippen molar-refractivity contribution >= 4 is 38.9 Å². The molecule has 144 valence electrons. The first-order chi connectivity index (χ1) is 12.0. The number of benzene rings is 1. The molecule has 1 fully saturated rings. The predicted molar refractivity (Wildman–Crippen MR) is 107 cm³/mol. The van der Waals surface area contributed by atoms with Gasteiger partial charge in [0.2, 0.25) is 15.9 Å². The second-order valence-electron chi connectivity index (χ2n) is 7.77. The number of anilines is 1. The summed E-state index contributed by atoms with van der Waals surface area (Å²) in [6, 6.07) is 6.41. The number of hydrogen-bond donors (Lipinski definition) is 2. The van der Waals surface area contributed by atoms with E-state index in [1.807, 2.05) is 0 Å². The van der Waals surface area contributed by atoms with Crippen molar-refractivity contribution < 1.29 is 13.2 Å². The highest BCUT2D eigenvalue weighted by Crippen LogP contribution is 2.24. The number of nitrogens with zero attached hydrogens (tertiary/aromatic N) is 1. The lowest BCUT2D eigenvalue weighted by molar-refractivity contribution is -0.126. The molecule has 0 aliphatic carbocycles. The van der Waals surface area contributed by atoms with E-state index in [9.17, 15) is 13.2 Å². The SMILES string of the molecule is CC1CCN(S(=O)(=O)c2ccc(NC(=S)NC(=O)C(C)(C)C)cc2)CC1. The summed E-state index contributed by atoms with van der Waals surface area (Å²) in [5.74, 6) is 0.380. The fourth-order valence-corrected chi connectivity index (χ4v) is 4.22. The molecule has 0 bridgehead atoms. The van der Waals surface area contributed by atoms with E-state index < -0.39 is 15.4 Å². The maximum absolute atomic E-state index is 12.7. The third-order valence-electron chi connectivity index (χ3n) is 4.40. The molecule has 1 aromatic carbocycles. The van der Waals surface area contributed by atoms with Gasteiger partial charge in [-0.3, -0.25) is 4.79 Å². The Kier molecular flexibility index (Phi) is 6.42. The molecule has 8 heteroatoms. The molecule has 1 aliphatic heterocycles. The van der Waals surface area contributed by atoms with Gasteiger partial charge in [-0.2, -0.15) is 4.31 Å². The summed E-state index contributed by atoms with van der Waals surface area (Å²) in [6.45, 7) is 8.66. The van der Waals surface area contributed by atoms with Crippen LogP contribution in [0.1, 0.15) is 40.5 Å². The average molecular weight is 398 g/mol. The number of rotatable bonds is 3. The average Bonchev–Trinajstić information content (AvgIpc) is 2.54. The first-order valence-corrected chi connectivity index (χ1v) is 10.6. The topological polar surface area (TPSA) is 78.5 Å². The Hall–Kier alpha value is -1.51. The molecule has 0 radical (unpaired) electrons. The van der Waals surface area contributed by atoms with E-state index in [1.165, 1.54) is 0 Å². The van der Waals surface area contributed by atoms with Gasteiger partial charge in [-0.15, -0.1) is 0 Å². The van der Waals surface area contributed by atoms with Gasteiger partial charge in [0.15, 0.2) is 5.11 Å². The highest BCUT2D eigenvalue weighted by atomic mass is 32.2. The minimum atomic E-state index is -3.47. The van der Waals surface area contributed by atoms with Crippen LogP contribution in [0.2, 0.25) is 0 Å². The van der Waals surface area contributed by atoms with Gasteiger partial charge in [-0.25, -0.2) is 8.42 Å². The molecular formula is C18H27N3O3S2. The van der Waals surface area contributed by atoms with Crippen LogP contribution in [0.4, 0.5) is 5.69 Å². The number of hydrogen-bond acceptors (Lipinski definition) is 4. The maximum atomic E-state index is 12.7. The summed E-state index contributed by atoms with van der Waals surface area (Å²) < 4.78 is 27.0. The molecule has 0 spiro atoms. The molecule has 1 saturated heterocycles. The van der Waals surface area contributed by atoms with Crippen LogP contribution in [0.25, 0.3) is 0 Å². The Morgan fingerprint density at radius 2 is 1.69 bits per heavy atom. The largest absolute Gasteiger partial charge is 0.332 e. The van der Waals surface area contributed by atoms with Crippen molar-refractivity contribution in [2.24, 2.45) is 11.3 Å². The fourth-order valence-electron chi connectivity index (χ4n) is 2.54. The minimum Gasteiger partial charge on any atom is -0.332 e. The quantitative estimate of drug-likeness (QED) is 0.767. The van der Waals surface area contributed by atoms with Crippen LogP contribution >= 0.6 is 12.2 Å². The molecule has 0 unspecified atom stereocenters. The van der Waals surface area contributed by atoms with E-state index in [0.717, 1.165) is 12.8 Å². The number of thiocarbonyl (C=S) groups is 1. The summed E-state index contributed by atoms with van der Waals surface area (Å²) in [5, 5.41) is 5.71. The van der Waals surface area contributed by atoms with E-state index in [4.69, 9.17) is 12.2 Å². The van der Waals surface area contributed by atoms with Gasteiger partial charge in [-0.05, 0) is 55.2 Å². The third kappa shape index (κ3) is 5.25. The van der Waals surface area contributed by atoms with Crippen molar-refractivity contribution in [1.29, 1.82) is 0 Å². The number of carbonyl (C=O) groups excluding carboxylic acids is 1. The Morgan fingerprint density at radius 1 is 1.15 bits per heavy atom. The summed E-state index contributed by atoms with van der Waals surface area (Å²) in [6.07, 6.45) is 1.78. The smallest absolute Gasteiger partial charge is 0.243 e. The number of carbonyl (C=O) groups is 1. The van der Waals surface area contributed by atoms with Crippen LogP contribution in [0.3, 0.4) is 0 Å². The first kappa shape index (κ1) is 20.8. The van der Waals surface area contributed by atoms with E-state index in [2.05, 4.69) is 17.6 Å². The van der Waals surface area contributed by atoms with Gasteiger partial charge in [-0.1, -0.05) is 27.7 Å². The van der Waals surface area contributed by atoms with Crippen molar-refractivity contribution in [3.05, 3.63) is 24.3 Å².